The SMILES string of the molecule is COc1cc(/C=C\Oc2ccccc2OC)ccc1[O-]. The second kappa shape index (κ2) is 6.52. The summed E-state index contributed by atoms with van der Waals surface area (Å²) >= 11 is 0. The fourth-order valence-electron chi connectivity index (χ4n) is 1.69. The molecular formula is C16H15O4-. The number of benzene rings is 2. The van der Waals surface area contributed by atoms with Crippen molar-refractivity contribution in [1.82, 2.24) is 0 Å². The summed E-state index contributed by atoms with van der Waals surface area (Å²) in [5, 5.41) is 11.4. The molecule has 0 amide bonds. The maximum Gasteiger partial charge on any atom is 0.168 e. The van der Waals surface area contributed by atoms with E-state index in [4.69, 9.17) is 14.2 Å². The monoisotopic (exact) mass is 271 g/mol. The molecule has 0 aliphatic heterocycles. The lowest BCUT2D eigenvalue weighted by Crippen LogP contribution is -1.95. The van der Waals surface area contributed by atoms with Gasteiger partial charge in [0.25, 0.3) is 0 Å². The highest BCUT2D eigenvalue weighted by Gasteiger charge is 2.00. The van der Waals surface area contributed by atoms with Gasteiger partial charge in [-0.25, -0.2) is 0 Å². The summed E-state index contributed by atoms with van der Waals surface area (Å²) < 4.78 is 15.7. The lowest BCUT2D eigenvalue weighted by molar-refractivity contribution is -0.270. The highest BCUT2D eigenvalue weighted by Crippen LogP contribution is 2.27. The second-order valence-corrected chi connectivity index (χ2v) is 3.98. The summed E-state index contributed by atoms with van der Waals surface area (Å²) in [6.07, 6.45) is 3.28. The van der Waals surface area contributed by atoms with Crippen molar-refractivity contribution in [2.75, 3.05) is 14.2 Å². The molecule has 0 unspecified atom stereocenters. The van der Waals surface area contributed by atoms with Gasteiger partial charge in [-0.2, -0.15) is 0 Å². The lowest BCUT2D eigenvalue weighted by atomic mass is 10.2. The van der Waals surface area contributed by atoms with E-state index < -0.39 is 0 Å². The highest BCUT2D eigenvalue weighted by atomic mass is 16.5. The number of hydrogen-bond acceptors (Lipinski definition) is 4. The maximum atomic E-state index is 11.4. The molecule has 2 rings (SSSR count). The maximum absolute atomic E-state index is 11.4. The molecule has 0 radical (unpaired) electrons. The van der Waals surface area contributed by atoms with Gasteiger partial charge in [0.05, 0.1) is 20.5 Å². The minimum Gasteiger partial charge on any atom is -0.870 e. The predicted molar refractivity (Wildman–Crippen MR) is 75.1 cm³/mol. The first-order valence-electron chi connectivity index (χ1n) is 6.06. The van der Waals surface area contributed by atoms with Gasteiger partial charge in [0.15, 0.2) is 11.5 Å². The molecule has 20 heavy (non-hydrogen) atoms. The number of hydrogen-bond donors (Lipinski definition) is 0. The summed E-state index contributed by atoms with van der Waals surface area (Å²) in [5.74, 6) is 1.45. The van der Waals surface area contributed by atoms with Crippen LogP contribution in [0.5, 0.6) is 23.0 Å². The van der Waals surface area contributed by atoms with Crippen LogP contribution in [0.4, 0.5) is 0 Å². The van der Waals surface area contributed by atoms with Crippen LogP contribution in [0.3, 0.4) is 0 Å². The Morgan fingerprint density at radius 1 is 0.900 bits per heavy atom. The highest BCUT2D eigenvalue weighted by molar-refractivity contribution is 5.55. The van der Waals surface area contributed by atoms with Crippen molar-refractivity contribution >= 4 is 6.08 Å². The third-order valence-corrected chi connectivity index (χ3v) is 2.71. The van der Waals surface area contributed by atoms with Crippen LogP contribution >= 0.6 is 0 Å². The van der Waals surface area contributed by atoms with Gasteiger partial charge in [-0.05, 0) is 29.8 Å². The van der Waals surface area contributed by atoms with E-state index in [9.17, 15) is 5.11 Å². The van der Waals surface area contributed by atoms with E-state index in [0.29, 0.717) is 17.2 Å². The molecule has 2 aromatic carbocycles. The minimum atomic E-state index is -0.143. The topological polar surface area (TPSA) is 50.8 Å². The normalized spacial score (nSPS) is 10.5. The molecule has 104 valence electrons. The molecular weight excluding hydrogens is 256 g/mol. The Kier molecular flexibility index (Phi) is 4.50. The molecule has 0 fully saturated rings. The fraction of sp³-hybridized carbons (Fsp3) is 0.125. The van der Waals surface area contributed by atoms with Crippen LogP contribution in [0.2, 0.25) is 0 Å². The van der Waals surface area contributed by atoms with Gasteiger partial charge < -0.3 is 19.3 Å². The molecule has 4 heteroatoms. The Balaban J connectivity index is 2.10. The third kappa shape index (κ3) is 3.23. The molecule has 0 atom stereocenters. The van der Waals surface area contributed by atoms with Gasteiger partial charge in [0.1, 0.15) is 5.75 Å². The van der Waals surface area contributed by atoms with Crippen LogP contribution in [0.1, 0.15) is 5.56 Å². The van der Waals surface area contributed by atoms with Crippen LogP contribution in [-0.4, -0.2) is 14.2 Å². The van der Waals surface area contributed by atoms with Gasteiger partial charge >= 0.3 is 0 Å². The fourth-order valence-corrected chi connectivity index (χ4v) is 1.69. The van der Waals surface area contributed by atoms with E-state index in [0.717, 1.165) is 5.56 Å². The lowest BCUT2D eigenvalue weighted by Gasteiger charge is -2.12. The summed E-state index contributed by atoms with van der Waals surface area (Å²) in [6, 6.07) is 12.2. The van der Waals surface area contributed by atoms with Crippen LogP contribution in [0.25, 0.3) is 6.08 Å². The van der Waals surface area contributed by atoms with Crippen molar-refractivity contribution in [3.8, 4) is 23.0 Å². The Morgan fingerprint density at radius 3 is 2.30 bits per heavy atom. The molecule has 0 saturated carbocycles. The smallest absolute Gasteiger partial charge is 0.168 e. The molecule has 0 aromatic heterocycles. The summed E-state index contributed by atoms with van der Waals surface area (Å²) in [6.45, 7) is 0. The van der Waals surface area contributed by atoms with Crippen LogP contribution in [0.15, 0.2) is 48.7 Å². The largest absolute Gasteiger partial charge is 0.870 e. The average molecular weight is 271 g/mol. The zero-order valence-electron chi connectivity index (χ0n) is 11.3. The molecule has 0 aliphatic carbocycles. The van der Waals surface area contributed by atoms with Gasteiger partial charge in [0, 0.05) is 0 Å². The summed E-state index contributed by atoms with van der Waals surface area (Å²) in [5.41, 5.74) is 0.816. The Labute approximate surface area is 117 Å². The number of rotatable bonds is 5. The molecule has 0 N–H and O–H groups in total. The van der Waals surface area contributed by atoms with Crippen molar-refractivity contribution in [3.05, 3.63) is 54.3 Å². The second-order valence-electron chi connectivity index (χ2n) is 3.98. The van der Waals surface area contributed by atoms with Crippen molar-refractivity contribution < 1.29 is 19.3 Å². The zero-order valence-corrected chi connectivity index (χ0v) is 11.3. The molecule has 0 saturated heterocycles. The van der Waals surface area contributed by atoms with Crippen LogP contribution < -0.4 is 19.3 Å². The minimum absolute atomic E-state index is 0.143. The van der Waals surface area contributed by atoms with Gasteiger partial charge in [0.2, 0.25) is 0 Å². The molecule has 2 aromatic rings. The van der Waals surface area contributed by atoms with Crippen LogP contribution in [0, 0.1) is 0 Å². The quantitative estimate of drug-likeness (QED) is 0.785. The molecule has 0 spiro atoms. The average Bonchev–Trinajstić information content (AvgIpc) is 2.49. The number of methoxy groups -OCH3 is 2. The van der Waals surface area contributed by atoms with Crippen molar-refractivity contribution in [1.29, 1.82) is 0 Å². The van der Waals surface area contributed by atoms with Gasteiger partial charge in [-0.3, -0.25) is 0 Å². The van der Waals surface area contributed by atoms with Crippen LogP contribution in [-0.2, 0) is 0 Å². The van der Waals surface area contributed by atoms with E-state index in [1.54, 1.807) is 25.3 Å². The zero-order chi connectivity index (χ0) is 14.4. The number of para-hydroxylation sites is 2. The van der Waals surface area contributed by atoms with E-state index in [1.165, 1.54) is 19.4 Å². The number of ether oxygens (including phenoxy) is 3. The van der Waals surface area contributed by atoms with Gasteiger partial charge in [-0.15, -0.1) is 0 Å². The van der Waals surface area contributed by atoms with Crippen molar-refractivity contribution in [2.45, 2.75) is 0 Å². The molecule has 0 bridgehead atoms. The molecule has 0 heterocycles. The Morgan fingerprint density at radius 2 is 1.60 bits per heavy atom. The van der Waals surface area contributed by atoms with E-state index in [-0.39, 0.29) is 5.75 Å². The molecule has 4 nitrogen and oxygen atoms in total. The first kappa shape index (κ1) is 13.8. The first-order chi connectivity index (χ1) is 9.74. The van der Waals surface area contributed by atoms with E-state index in [1.807, 2.05) is 24.3 Å². The van der Waals surface area contributed by atoms with Gasteiger partial charge in [-0.1, -0.05) is 30.0 Å². The Hall–Kier alpha value is -2.62. The molecule has 0 aliphatic rings. The van der Waals surface area contributed by atoms with Crippen molar-refractivity contribution in [2.24, 2.45) is 0 Å². The van der Waals surface area contributed by atoms with Crippen molar-refractivity contribution in [3.63, 3.8) is 0 Å². The first-order valence-corrected chi connectivity index (χ1v) is 6.06. The van der Waals surface area contributed by atoms with E-state index in [2.05, 4.69) is 0 Å². The standard InChI is InChI=1S/C16H16O4/c1-18-14-5-3-4-6-15(14)20-10-9-12-7-8-13(17)16(11-12)19-2/h3-11,17H,1-2H3/p-1/b10-9-. The Bertz CT molecular complexity index is 605. The summed E-state index contributed by atoms with van der Waals surface area (Å²) in [7, 11) is 3.05. The summed E-state index contributed by atoms with van der Waals surface area (Å²) in [4.78, 5) is 0. The predicted octanol–water partition coefficient (Wildman–Crippen LogP) is 2.83. The third-order valence-electron chi connectivity index (χ3n) is 2.71. The van der Waals surface area contributed by atoms with E-state index >= 15 is 0 Å².